The summed E-state index contributed by atoms with van der Waals surface area (Å²) in [4.78, 5) is 7.81. The van der Waals surface area contributed by atoms with Crippen LogP contribution in [0.5, 0.6) is 11.6 Å². The fourth-order valence-corrected chi connectivity index (χ4v) is 1.46. The molecule has 0 saturated carbocycles. The van der Waals surface area contributed by atoms with Gasteiger partial charge in [0.15, 0.2) is 0 Å². The number of ether oxygens (including phenoxy) is 1. The third-order valence-electron chi connectivity index (χ3n) is 2.20. The van der Waals surface area contributed by atoms with E-state index in [0.717, 1.165) is 12.1 Å². The summed E-state index contributed by atoms with van der Waals surface area (Å²) < 4.78 is 42.7. The molecule has 7 heteroatoms. The van der Waals surface area contributed by atoms with Gasteiger partial charge in [-0.3, -0.25) is 4.98 Å². The van der Waals surface area contributed by atoms with Gasteiger partial charge in [0.25, 0.3) is 0 Å². The molecule has 0 radical (unpaired) electrons. The van der Waals surface area contributed by atoms with E-state index in [0.29, 0.717) is 5.69 Å². The Bertz CT molecular complexity index is 558. The molecule has 2 aromatic rings. The third kappa shape index (κ3) is 3.57. The molecule has 0 aliphatic rings. The first-order valence-electron chi connectivity index (χ1n) is 5.21. The van der Waals surface area contributed by atoms with Crippen molar-refractivity contribution < 1.29 is 17.9 Å². The van der Waals surface area contributed by atoms with Gasteiger partial charge in [-0.2, -0.15) is 13.2 Å². The van der Waals surface area contributed by atoms with Crippen LogP contribution >= 0.6 is 11.6 Å². The zero-order chi connectivity index (χ0) is 13.9. The van der Waals surface area contributed by atoms with Crippen molar-refractivity contribution in [3.8, 4) is 11.6 Å². The summed E-state index contributed by atoms with van der Waals surface area (Å²) in [5, 5.41) is 0. The molecule has 1 aromatic heterocycles. The summed E-state index contributed by atoms with van der Waals surface area (Å²) in [5.41, 5.74) is -0.228. The average molecular weight is 289 g/mol. The molecule has 1 heterocycles. The number of aromatic nitrogens is 2. The highest BCUT2D eigenvalue weighted by atomic mass is 35.5. The second-order valence-corrected chi connectivity index (χ2v) is 3.87. The molecule has 0 unspecified atom stereocenters. The summed E-state index contributed by atoms with van der Waals surface area (Å²) >= 11 is 5.54. The molecule has 0 saturated heterocycles. The highest BCUT2D eigenvalue weighted by Gasteiger charge is 2.30. The van der Waals surface area contributed by atoms with E-state index in [1.54, 1.807) is 0 Å². The quantitative estimate of drug-likeness (QED) is 0.800. The van der Waals surface area contributed by atoms with Crippen molar-refractivity contribution in [2.24, 2.45) is 0 Å². The van der Waals surface area contributed by atoms with E-state index in [4.69, 9.17) is 16.3 Å². The third-order valence-corrected chi connectivity index (χ3v) is 2.48. The Labute approximate surface area is 112 Å². The van der Waals surface area contributed by atoms with Crippen LogP contribution in [0.4, 0.5) is 13.2 Å². The Balaban J connectivity index is 2.18. The molecule has 0 aliphatic heterocycles. The first-order valence-corrected chi connectivity index (χ1v) is 5.74. The maximum atomic E-state index is 12.5. The van der Waals surface area contributed by atoms with Crippen molar-refractivity contribution in [1.82, 2.24) is 9.97 Å². The van der Waals surface area contributed by atoms with Crippen LogP contribution in [0.1, 0.15) is 11.3 Å². The lowest BCUT2D eigenvalue weighted by atomic mass is 10.2. The van der Waals surface area contributed by atoms with E-state index >= 15 is 0 Å². The van der Waals surface area contributed by atoms with E-state index in [2.05, 4.69) is 9.97 Å². The molecule has 0 bridgehead atoms. The predicted molar refractivity (Wildman–Crippen MR) is 63.1 cm³/mol. The first-order chi connectivity index (χ1) is 8.99. The fourth-order valence-electron chi connectivity index (χ4n) is 1.32. The van der Waals surface area contributed by atoms with Gasteiger partial charge < -0.3 is 4.74 Å². The smallest absolute Gasteiger partial charge is 0.416 e. The predicted octanol–water partition coefficient (Wildman–Crippen LogP) is 4.03. The highest BCUT2D eigenvalue weighted by Crippen LogP contribution is 2.32. The van der Waals surface area contributed by atoms with Crippen molar-refractivity contribution in [2.45, 2.75) is 12.1 Å². The Morgan fingerprint density at radius 3 is 2.53 bits per heavy atom. The highest BCUT2D eigenvalue weighted by molar-refractivity contribution is 6.16. The Hall–Kier alpha value is -1.82. The molecular weight excluding hydrogens is 281 g/mol. The molecule has 19 heavy (non-hydrogen) atoms. The van der Waals surface area contributed by atoms with Gasteiger partial charge in [-0.15, -0.1) is 11.6 Å². The van der Waals surface area contributed by atoms with Crippen LogP contribution in [-0.4, -0.2) is 9.97 Å². The van der Waals surface area contributed by atoms with E-state index < -0.39 is 11.7 Å². The number of nitrogens with zero attached hydrogens (tertiary/aromatic N) is 2. The number of hydrogen-bond donors (Lipinski definition) is 0. The fraction of sp³-hybridized carbons (Fsp3) is 0.167. The number of rotatable bonds is 3. The number of alkyl halides is 4. The Kier molecular flexibility index (Phi) is 3.90. The second-order valence-electron chi connectivity index (χ2n) is 3.61. The minimum absolute atomic E-state index is 0.0442. The monoisotopic (exact) mass is 288 g/mol. The van der Waals surface area contributed by atoms with Crippen LogP contribution in [0.3, 0.4) is 0 Å². The van der Waals surface area contributed by atoms with E-state index in [-0.39, 0.29) is 17.5 Å². The van der Waals surface area contributed by atoms with Crippen molar-refractivity contribution in [2.75, 3.05) is 0 Å². The summed E-state index contributed by atoms with van der Waals surface area (Å²) in [5.74, 6) is 0.354. The zero-order valence-electron chi connectivity index (χ0n) is 9.49. The maximum Gasteiger partial charge on any atom is 0.416 e. The first kappa shape index (κ1) is 13.6. The summed E-state index contributed by atoms with van der Waals surface area (Å²) in [6.45, 7) is 0. The molecule has 0 atom stereocenters. The summed E-state index contributed by atoms with van der Waals surface area (Å²) in [7, 11) is 0. The van der Waals surface area contributed by atoms with Gasteiger partial charge in [0.2, 0.25) is 5.88 Å². The van der Waals surface area contributed by atoms with Gasteiger partial charge >= 0.3 is 6.18 Å². The van der Waals surface area contributed by atoms with Crippen molar-refractivity contribution >= 4 is 11.6 Å². The van der Waals surface area contributed by atoms with Crippen LogP contribution in [0.15, 0.2) is 36.7 Å². The van der Waals surface area contributed by atoms with Crippen LogP contribution in [0, 0.1) is 0 Å². The summed E-state index contributed by atoms with van der Waals surface area (Å²) in [6.07, 6.45) is -1.71. The molecular formula is C12H8ClF3N2O. The number of benzene rings is 1. The minimum atomic E-state index is -4.41. The van der Waals surface area contributed by atoms with Gasteiger partial charge in [-0.05, 0) is 18.2 Å². The standard InChI is InChI=1S/C12H8ClF3N2O/c13-5-9-6-18-11(7-17-9)19-10-3-1-2-8(4-10)12(14,15)16/h1-4,6-7H,5H2. The van der Waals surface area contributed by atoms with Crippen molar-refractivity contribution in [3.63, 3.8) is 0 Å². The lowest BCUT2D eigenvalue weighted by Crippen LogP contribution is -2.04. The van der Waals surface area contributed by atoms with Crippen LogP contribution in [0.25, 0.3) is 0 Å². The topological polar surface area (TPSA) is 35.0 Å². The molecule has 3 nitrogen and oxygen atoms in total. The number of hydrogen-bond acceptors (Lipinski definition) is 3. The van der Waals surface area contributed by atoms with Crippen molar-refractivity contribution in [3.05, 3.63) is 47.9 Å². The van der Waals surface area contributed by atoms with Gasteiger partial charge in [0, 0.05) is 0 Å². The lowest BCUT2D eigenvalue weighted by Gasteiger charge is -2.09. The molecule has 100 valence electrons. The minimum Gasteiger partial charge on any atom is -0.437 e. The Morgan fingerprint density at radius 2 is 1.95 bits per heavy atom. The second kappa shape index (κ2) is 5.44. The van der Waals surface area contributed by atoms with Crippen LogP contribution < -0.4 is 4.74 Å². The van der Waals surface area contributed by atoms with Crippen LogP contribution in [0.2, 0.25) is 0 Å². The zero-order valence-corrected chi connectivity index (χ0v) is 10.2. The van der Waals surface area contributed by atoms with Gasteiger partial charge in [-0.1, -0.05) is 6.07 Å². The largest absolute Gasteiger partial charge is 0.437 e. The van der Waals surface area contributed by atoms with Gasteiger partial charge in [0.05, 0.1) is 29.5 Å². The van der Waals surface area contributed by atoms with Gasteiger partial charge in [-0.25, -0.2) is 4.98 Å². The number of halogens is 4. The summed E-state index contributed by atoms with van der Waals surface area (Å²) in [6, 6.07) is 4.54. The lowest BCUT2D eigenvalue weighted by molar-refractivity contribution is -0.137. The molecule has 0 amide bonds. The van der Waals surface area contributed by atoms with E-state index in [1.165, 1.54) is 24.5 Å². The normalized spacial score (nSPS) is 11.4. The van der Waals surface area contributed by atoms with E-state index in [1.807, 2.05) is 0 Å². The maximum absolute atomic E-state index is 12.5. The van der Waals surface area contributed by atoms with Crippen LogP contribution in [-0.2, 0) is 12.1 Å². The SMILES string of the molecule is FC(F)(F)c1cccc(Oc2cnc(CCl)cn2)c1. The molecule has 1 aromatic carbocycles. The Morgan fingerprint density at radius 1 is 1.16 bits per heavy atom. The molecule has 0 fully saturated rings. The molecule has 0 N–H and O–H groups in total. The average Bonchev–Trinajstić information content (AvgIpc) is 2.39. The van der Waals surface area contributed by atoms with Gasteiger partial charge in [0.1, 0.15) is 5.75 Å². The van der Waals surface area contributed by atoms with E-state index in [9.17, 15) is 13.2 Å². The molecule has 0 aliphatic carbocycles. The molecule has 0 spiro atoms. The molecule has 2 rings (SSSR count). The van der Waals surface area contributed by atoms with Crippen molar-refractivity contribution in [1.29, 1.82) is 0 Å².